The Bertz CT molecular complexity index is 953. The molecule has 0 radical (unpaired) electrons. The van der Waals surface area contributed by atoms with Gasteiger partial charge in [-0.1, -0.05) is 18.2 Å². The Balaban J connectivity index is 1.74. The molecule has 0 N–H and O–H groups in total. The minimum absolute atomic E-state index is 0.0145. The minimum atomic E-state index is -3.60. The summed E-state index contributed by atoms with van der Waals surface area (Å²) in [6.45, 7) is 2.64. The van der Waals surface area contributed by atoms with Crippen molar-refractivity contribution in [2.24, 2.45) is 0 Å². The number of para-hydroxylation sites is 1. The van der Waals surface area contributed by atoms with Gasteiger partial charge in [0.2, 0.25) is 5.91 Å². The fourth-order valence-corrected chi connectivity index (χ4v) is 5.33. The topological polar surface area (TPSA) is 57.7 Å². The van der Waals surface area contributed by atoms with Gasteiger partial charge in [-0.3, -0.25) is 9.10 Å². The monoisotopic (exact) mass is 356 g/mol. The summed E-state index contributed by atoms with van der Waals surface area (Å²) < 4.78 is 27.9. The Morgan fingerprint density at radius 1 is 0.960 bits per heavy atom. The fourth-order valence-electron chi connectivity index (χ4n) is 3.74. The Morgan fingerprint density at radius 3 is 2.56 bits per heavy atom. The molecule has 0 aromatic heterocycles. The van der Waals surface area contributed by atoms with Gasteiger partial charge in [-0.15, -0.1) is 0 Å². The van der Waals surface area contributed by atoms with Crippen LogP contribution in [0.5, 0.6) is 0 Å². The molecule has 4 rings (SSSR count). The largest absolute Gasteiger partial charge is 0.312 e. The molecule has 2 aliphatic heterocycles. The predicted octanol–water partition coefficient (Wildman–Crippen LogP) is 2.74. The molecule has 5 nitrogen and oxygen atoms in total. The standard InChI is InChI=1S/C19H20N2O3S/c1-14(22)20-12-10-16-13-17(8-9-18(16)20)25(23,24)21-11-4-6-15-5-2-3-7-19(15)21/h2-3,5,7-9,13H,4,6,10-12H2,1H3. The lowest BCUT2D eigenvalue weighted by Crippen LogP contribution is -2.35. The first-order valence-electron chi connectivity index (χ1n) is 8.50. The van der Waals surface area contributed by atoms with Crippen molar-refractivity contribution in [3.05, 3.63) is 53.6 Å². The van der Waals surface area contributed by atoms with Crippen molar-refractivity contribution < 1.29 is 13.2 Å². The van der Waals surface area contributed by atoms with Crippen LogP contribution in [0, 0.1) is 0 Å². The normalized spacial score (nSPS) is 16.5. The summed E-state index contributed by atoms with van der Waals surface area (Å²) >= 11 is 0. The van der Waals surface area contributed by atoms with Crippen LogP contribution >= 0.6 is 0 Å². The zero-order chi connectivity index (χ0) is 17.6. The van der Waals surface area contributed by atoms with Crippen LogP contribution in [0.15, 0.2) is 47.4 Å². The number of fused-ring (bicyclic) bond motifs is 2. The highest BCUT2D eigenvalue weighted by atomic mass is 32.2. The van der Waals surface area contributed by atoms with Crippen molar-refractivity contribution in [1.29, 1.82) is 0 Å². The molecule has 130 valence electrons. The van der Waals surface area contributed by atoms with Gasteiger partial charge in [-0.05, 0) is 54.7 Å². The number of rotatable bonds is 2. The Labute approximate surface area is 147 Å². The first-order chi connectivity index (χ1) is 12.0. The van der Waals surface area contributed by atoms with E-state index < -0.39 is 10.0 Å². The molecule has 2 aliphatic rings. The molecule has 0 aliphatic carbocycles. The molecular formula is C19H20N2O3S. The molecule has 0 fully saturated rings. The second kappa shape index (κ2) is 5.88. The van der Waals surface area contributed by atoms with E-state index in [-0.39, 0.29) is 5.91 Å². The van der Waals surface area contributed by atoms with Gasteiger partial charge in [-0.25, -0.2) is 8.42 Å². The van der Waals surface area contributed by atoms with Crippen LogP contribution in [0.2, 0.25) is 0 Å². The molecule has 25 heavy (non-hydrogen) atoms. The molecule has 0 unspecified atom stereocenters. The Morgan fingerprint density at radius 2 is 1.76 bits per heavy atom. The minimum Gasteiger partial charge on any atom is -0.312 e. The molecule has 0 spiro atoms. The number of hydrogen-bond donors (Lipinski definition) is 0. The zero-order valence-corrected chi connectivity index (χ0v) is 14.9. The average Bonchev–Trinajstić information content (AvgIpc) is 3.04. The summed E-state index contributed by atoms with van der Waals surface area (Å²) in [5.74, 6) is -0.0145. The van der Waals surface area contributed by atoms with Crippen LogP contribution in [0.25, 0.3) is 0 Å². The van der Waals surface area contributed by atoms with E-state index in [4.69, 9.17) is 0 Å². The van der Waals surface area contributed by atoms with Crippen LogP contribution in [-0.4, -0.2) is 27.4 Å². The number of sulfonamides is 1. The first-order valence-corrected chi connectivity index (χ1v) is 9.94. The van der Waals surface area contributed by atoms with E-state index in [9.17, 15) is 13.2 Å². The van der Waals surface area contributed by atoms with Gasteiger partial charge in [0.15, 0.2) is 0 Å². The van der Waals surface area contributed by atoms with Crippen molar-refractivity contribution in [3.8, 4) is 0 Å². The number of carbonyl (C=O) groups is 1. The predicted molar refractivity (Wildman–Crippen MR) is 97.5 cm³/mol. The molecular weight excluding hydrogens is 336 g/mol. The van der Waals surface area contributed by atoms with Crippen LogP contribution in [0.4, 0.5) is 11.4 Å². The zero-order valence-electron chi connectivity index (χ0n) is 14.1. The second-order valence-corrected chi connectivity index (χ2v) is 8.38. The maximum absolute atomic E-state index is 13.2. The molecule has 0 saturated heterocycles. The van der Waals surface area contributed by atoms with Gasteiger partial charge >= 0.3 is 0 Å². The van der Waals surface area contributed by atoms with Crippen LogP contribution in [0.3, 0.4) is 0 Å². The lowest BCUT2D eigenvalue weighted by molar-refractivity contribution is -0.116. The van der Waals surface area contributed by atoms with E-state index in [2.05, 4.69) is 0 Å². The van der Waals surface area contributed by atoms with Gasteiger partial charge in [0.25, 0.3) is 10.0 Å². The average molecular weight is 356 g/mol. The molecule has 0 saturated carbocycles. The number of benzene rings is 2. The van der Waals surface area contributed by atoms with Crippen molar-refractivity contribution >= 4 is 27.3 Å². The quantitative estimate of drug-likeness (QED) is 0.831. The molecule has 1 amide bonds. The van der Waals surface area contributed by atoms with Crippen molar-refractivity contribution in [3.63, 3.8) is 0 Å². The first kappa shape index (κ1) is 16.1. The molecule has 2 heterocycles. The van der Waals surface area contributed by atoms with E-state index in [1.54, 1.807) is 23.1 Å². The molecule has 0 bridgehead atoms. The van der Waals surface area contributed by atoms with Gasteiger partial charge in [0.1, 0.15) is 0 Å². The van der Waals surface area contributed by atoms with Crippen molar-refractivity contribution in [2.75, 3.05) is 22.3 Å². The SMILES string of the molecule is CC(=O)N1CCc2cc(S(=O)(=O)N3CCCc4ccccc43)ccc21. The van der Waals surface area contributed by atoms with Crippen molar-refractivity contribution in [1.82, 2.24) is 0 Å². The van der Waals surface area contributed by atoms with Gasteiger partial charge in [-0.2, -0.15) is 0 Å². The maximum atomic E-state index is 13.2. The number of carbonyl (C=O) groups excluding carboxylic acids is 1. The van der Waals surface area contributed by atoms with E-state index >= 15 is 0 Å². The van der Waals surface area contributed by atoms with E-state index in [1.807, 2.05) is 24.3 Å². The van der Waals surface area contributed by atoms with Crippen LogP contribution in [0.1, 0.15) is 24.5 Å². The number of nitrogens with zero attached hydrogens (tertiary/aromatic N) is 2. The lowest BCUT2D eigenvalue weighted by atomic mass is 10.0. The fraction of sp³-hybridized carbons (Fsp3) is 0.316. The summed E-state index contributed by atoms with van der Waals surface area (Å²) in [5, 5.41) is 0. The van der Waals surface area contributed by atoms with Gasteiger partial charge < -0.3 is 4.90 Å². The van der Waals surface area contributed by atoms with Gasteiger partial charge in [0.05, 0.1) is 10.6 Å². The summed E-state index contributed by atoms with van der Waals surface area (Å²) in [4.78, 5) is 13.7. The third-order valence-corrected chi connectivity index (χ3v) is 6.79. The summed E-state index contributed by atoms with van der Waals surface area (Å²) in [6.07, 6.45) is 2.41. The highest BCUT2D eigenvalue weighted by molar-refractivity contribution is 7.92. The molecule has 6 heteroatoms. The van der Waals surface area contributed by atoms with E-state index in [1.165, 1.54) is 11.2 Å². The lowest BCUT2D eigenvalue weighted by Gasteiger charge is -2.30. The summed E-state index contributed by atoms with van der Waals surface area (Å²) in [5.41, 5.74) is 3.59. The number of amides is 1. The number of anilines is 2. The molecule has 0 atom stereocenters. The summed E-state index contributed by atoms with van der Waals surface area (Å²) in [7, 11) is -3.60. The highest BCUT2D eigenvalue weighted by Gasteiger charge is 2.31. The highest BCUT2D eigenvalue weighted by Crippen LogP contribution is 2.35. The maximum Gasteiger partial charge on any atom is 0.264 e. The van der Waals surface area contributed by atoms with E-state index in [0.29, 0.717) is 24.4 Å². The second-order valence-electron chi connectivity index (χ2n) is 6.52. The number of aryl methyl sites for hydroxylation is 1. The third kappa shape index (κ3) is 2.61. The Kier molecular flexibility index (Phi) is 3.80. The van der Waals surface area contributed by atoms with Crippen molar-refractivity contribution in [2.45, 2.75) is 31.1 Å². The Hall–Kier alpha value is -2.34. The third-order valence-electron chi connectivity index (χ3n) is 4.98. The smallest absolute Gasteiger partial charge is 0.264 e. The summed E-state index contributed by atoms with van der Waals surface area (Å²) in [6, 6.07) is 12.8. The van der Waals surface area contributed by atoms with E-state index in [0.717, 1.165) is 35.3 Å². The van der Waals surface area contributed by atoms with Gasteiger partial charge in [0, 0.05) is 25.7 Å². The van der Waals surface area contributed by atoms with Crippen LogP contribution in [-0.2, 0) is 27.7 Å². The number of hydrogen-bond acceptors (Lipinski definition) is 3. The van der Waals surface area contributed by atoms with Crippen LogP contribution < -0.4 is 9.21 Å². The molecule has 2 aromatic carbocycles. The molecule has 2 aromatic rings.